The topological polar surface area (TPSA) is 129 Å². The minimum atomic E-state index is -0.557. The largest absolute Gasteiger partial charge is 0.391 e. The molecule has 1 aliphatic heterocycles. The molecule has 4 aromatic rings. The standard InChI is InChI=1S/C20H19ClN8O2/c1-11-6-18(27-26-11)24-19-13(21)9-23-20(25-19)29-10-12(30)7-16(29)17-8-15(28-31-17)14-4-2-3-5-22-14/h2-6,8-9,12,16,30H,7,10H2,1H3,(H2,23,24,25,26,27)/t12-,16+/m1/s1. The van der Waals surface area contributed by atoms with Crippen LogP contribution in [-0.4, -0.2) is 48.1 Å². The van der Waals surface area contributed by atoms with Crippen molar-refractivity contribution in [3.8, 4) is 11.4 Å². The van der Waals surface area contributed by atoms with Crippen LogP contribution < -0.4 is 10.2 Å². The van der Waals surface area contributed by atoms with Crippen LogP contribution in [0.5, 0.6) is 0 Å². The lowest BCUT2D eigenvalue weighted by molar-refractivity contribution is 0.192. The molecule has 158 valence electrons. The first-order valence-corrected chi connectivity index (χ1v) is 10.1. The lowest BCUT2D eigenvalue weighted by atomic mass is 10.1. The van der Waals surface area contributed by atoms with Gasteiger partial charge in [-0.25, -0.2) is 4.98 Å². The number of hydrogen-bond donors (Lipinski definition) is 3. The molecule has 0 amide bonds. The summed E-state index contributed by atoms with van der Waals surface area (Å²) in [7, 11) is 0. The van der Waals surface area contributed by atoms with Crippen molar-refractivity contribution in [3.05, 3.63) is 59.2 Å². The van der Waals surface area contributed by atoms with E-state index >= 15 is 0 Å². The Labute approximate surface area is 182 Å². The molecule has 11 heteroatoms. The van der Waals surface area contributed by atoms with E-state index < -0.39 is 6.10 Å². The Balaban J connectivity index is 1.44. The van der Waals surface area contributed by atoms with Crippen LogP contribution in [0.1, 0.15) is 23.9 Å². The molecular weight excluding hydrogens is 420 g/mol. The number of aliphatic hydroxyl groups excluding tert-OH is 1. The van der Waals surface area contributed by atoms with Gasteiger partial charge in [-0.15, -0.1) is 0 Å². The van der Waals surface area contributed by atoms with Gasteiger partial charge in [0.2, 0.25) is 5.95 Å². The van der Waals surface area contributed by atoms with Crippen molar-refractivity contribution in [1.82, 2.24) is 30.3 Å². The predicted octanol–water partition coefficient (Wildman–Crippen LogP) is 3.27. The zero-order valence-electron chi connectivity index (χ0n) is 16.5. The number of H-pyrrole nitrogens is 1. The quantitative estimate of drug-likeness (QED) is 0.429. The predicted molar refractivity (Wildman–Crippen MR) is 114 cm³/mol. The molecule has 0 aromatic carbocycles. The molecule has 4 aromatic heterocycles. The van der Waals surface area contributed by atoms with E-state index in [-0.39, 0.29) is 6.04 Å². The molecule has 0 saturated carbocycles. The molecule has 2 atom stereocenters. The zero-order valence-corrected chi connectivity index (χ0v) is 17.3. The molecular formula is C20H19ClN8O2. The third-order valence-corrected chi connectivity index (χ3v) is 5.28. The van der Waals surface area contributed by atoms with E-state index in [1.807, 2.05) is 42.2 Å². The first-order valence-electron chi connectivity index (χ1n) is 9.71. The van der Waals surface area contributed by atoms with E-state index in [0.29, 0.717) is 52.7 Å². The molecule has 5 rings (SSSR count). The molecule has 0 unspecified atom stereocenters. The van der Waals surface area contributed by atoms with Crippen molar-refractivity contribution < 1.29 is 9.63 Å². The van der Waals surface area contributed by atoms with Gasteiger partial charge in [0.1, 0.15) is 10.7 Å². The first-order chi connectivity index (χ1) is 15.1. The third kappa shape index (κ3) is 3.94. The second-order valence-electron chi connectivity index (χ2n) is 7.31. The smallest absolute Gasteiger partial charge is 0.228 e. The summed E-state index contributed by atoms with van der Waals surface area (Å²) in [5.41, 5.74) is 2.25. The Morgan fingerprint density at radius 1 is 1.26 bits per heavy atom. The third-order valence-electron chi connectivity index (χ3n) is 5.00. The lowest BCUT2D eigenvalue weighted by Gasteiger charge is -2.22. The van der Waals surface area contributed by atoms with E-state index in [9.17, 15) is 5.11 Å². The number of halogens is 1. The molecule has 0 aliphatic carbocycles. The van der Waals surface area contributed by atoms with Gasteiger partial charge in [0.15, 0.2) is 17.4 Å². The van der Waals surface area contributed by atoms with Crippen LogP contribution >= 0.6 is 11.6 Å². The normalized spacial score (nSPS) is 18.5. The molecule has 0 spiro atoms. The fourth-order valence-corrected chi connectivity index (χ4v) is 3.71. The van der Waals surface area contributed by atoms with Crippen LogP contribution in [0.4, 0.5) is 17.6 Å². The van der Waals surface area contributed by atoms with Gasteiger partial charge in [-0.3, -0.25) is 10.1 Å². The molecule has 31 heavy (non-hydrogen) atoms. The average molecular weight is 439 g/mol. The first kappa shape index (κ1) is 19.5. The SMILES string of the molecule is Cc1cc(Nc2nc(N3C[C@H](O)C[C@H]3c3cc(-c4ccccn4)no3)ncc2Cl)n[nH]1. The maximum absolute atomic E-state index is 10.4. The summed E-state index contributed by atoms with van der Waals surface area (Å²) in [6.07, 6.45) is 3.13. The van der Waals surface area contributed by atoms with Gasteiger partial charge in [-0.05, 0) is 19.1 Å². The number of nitrogens with one attached hydrogen (secondary N) is 2. The highest BCUT2D eigenvalue weighted by Gasteiger charge is 2.37. The Morgan fingerprint density at radius 2 is 2.16 bits per heavy atom. The number of aromatic nitrogens is 6. The number of anilines is 3. The average Bonchev–Trinajstić information content (AvgIpc) is 3.50. The van der Waals surface area contributed by atoms with E-state index in [1.54, 1.807) is 6.20 Å². The van der Waals surface area contributed by atoms with Gasteiger partial charge in [0.05, 0.1) is 24.0 Å². The fraction of sp³-hybridized carbons (Fsp3) is 0.250. The Morgan fingerprint density at radius 3 is 2.94 bits per heavy atom. The van der Waals surface area contributed by atoms with Crippen LogP contribution in [0.25, 0.3) is 11.4 Å². The second-order valence-corrected chi connectivity index (χ2v) is 7.72. The van der Waals surface area contributed by atoms with E-state index in [1.165, 1.54) is 6.20 Å². The molecule has 10 nitrogen and oxygen atoms in total. The maximum atomic E-state index is 10.4. The summed E-state index contributed by atoms with van der Waals surface area (Å²) in [5.74, 6) is 2.03. The van der Waals surface area contributed by atoms with Crippen molar-refractivity contribution in [1.29, 1.82) is 0 Å². The van der Waals surface area contributed by atoms with Gasteiger partial charge < -0.3 is 19.8 Å². The Hall–Kier alpha value is -3.50. The second kappa shape index (κ2) is 7.97. The van der Waals surface area contributed by atoms with Crippen LogP contribution in [-0.2, 0) is 0 Å². The van der Waals surface area contributed by atoms with E-state index in [4.69, 9.17) is 16.1 Å². The van der Waals surface area contributed by atoms with Gasteiger partial charge in [0, 0.05) is 37.0 Å². The maximum Gasteiger partial charge on any atom is 0.228 e. The molecule has 0 radical (unpaired) electrons. The minimum Gasteiger partial charge on any atom is -0.391 e. The Kier molecular flexibility index (Phi) is 5.00. The zero-order chi connectivity index (χ0) is 21.4. The number of aryl methyl sites for hydroxylation is 1. The highest BCUT2D eigenvalue weighted by Crippen LogP contribution is 2.37. The number of hydrogen-bond acceptors (Lipinski definition) is 9. The summed E-state index contributed by atoms with van der Waals surface area (Å²) >= 11 is 6.28. The van der Waals surface area contributed by atoms with Crippen LogP contribution in [0.2, 0.25) is 5.02 Å². The minimum absolute atomic E-state index is 0.276. The summed E-state index contributed by atoms with van der Waals surface area (Å²) in [6, 6.07) is 8.99. The van der Waals surface area contributed by atoms with Crippen LogP contribution in [0.3, 0.4) is 0 Å². The van der Waals surface area contributed by atoms with Crippen LogP contribution in [0.15, 0.2) is 47.2 Å². The fourth-order valence-electron chi connectivity index (χ4n) is 3.57. The van der Waals surface area contributed by atoms with E-state index in [2.05, 4.69) is 35.6 Å². The summed E-state index contributed by atoms with van der Waals surface area (Å²) < 4.78 is 5.60. The molecule has 5 heterocycles. The van der Waals surface area contributed by atoms with Crippen molar-refractivity contribution in [2.75, 3.05) is 16.8 Å². The number of pyridine rings is 1. The number of aliphatic hydroxyl groups is 1. The molecule has 0 bridgehead atoms. The van der Waals surface area contributed by atoms with Crippen molar-refractivity contribution in [2.24, 2.45) is 0 Å². The summed E-state index contributed by atoms with van der Waals surface area (Å²) in [4.78, 5) is 15.1. The highest BCUT2D eigenvalue weighted by atomic mass is 35.5. The molecule has 1 saturated heterocycles. The van der Waals surface area contributed by atoms with Crippen LogP contribution in [0, 0.1) is 6.92 Å². The highest BCUT2D eigenvalue weighted by molar-refractivity contribution is 6.32. The Bertz CT molecular complexity index is 1190. The summed E-state index contributed by atoms with van der Waals surface area (Å²) in [6.45, 7) is 2.25. The van der Waals surface area contributed by atoms with Crippen molar-refractivity contribution >= 4 is 29.2 Å². The number of rotatable bonds is 5. The number of aromatic amines is 1. The molecule has 3 N–H and O–H groups in total. The summed E-state index contributed by atoms with van der Waals surface area (Å²) in [5, 5.41) is 25.0. The van der Waals surface area contributed by atoms with Crippen molar-refractivity contribution in [3.63, 3.8) is 0 Å². The van der Waals surface area contributed by atoms with Crippen molar-refractivity contribution in [2.45, 2.75) is 25.5 Å². The van der Waals surface area contributed by atoms with Gasteiger partial charge in [0.25, 0.3) is 0 Å². The molecule has 1 fully saturated rings. The number of nitrogens with zero attached hydrogens (tertiary/aromatic N) is 6. The lowest BCUT2D eigenvalue weighted by Crippen LogP contribution is -2.26. The number of β-amino-alcohol motifs (C(OH)–C–C–N with tert-alkyl or cyclic N) is 1. The molecule has 1 aliphatic rings. The van der Waals surface area contributed by atoms with Gasteiger partial charge in [-0.1, -0.05) is 22.8 Å². The van der Waals surface area contributed by atoms with Gasteiger partial charge >= 0.3 is 0 Å². The monoisotopic (exact) mass is 438 g/mol. The van der Waals surface area contributed by atoms with Gasteiger partial charge in [-0.2, -0.15) is 10.1 Å². The van der Waals surface area contributed by atoms with E-state index in [0.717, 1.165) is 5.69 Å².